The monoisotopic (exact) mass is 262 g/mol. The van der Waals surface area contributed by atoms with E-state index < -0.39 is 5.60 Å². The molecule has 0 aliphatic heterocycles. The van der Waals surface area contributed by atoms with E-state index >= 15 is 0 Å². The van der Waals surface area contributed by atoms with Crippen LogP contribution in [0.25, 0.3) is 0 Å². The van der Waals surface area contributed by atoms with E-state index in [2.05, 4.69) is 9.97 Å². The molecule has 5 heteroatoms. The summed E-state index contributed by atoms with van der Waals surface area (Å²) in [6.45, 7) is 7.73. The third-order valence-corrected chi connectivity index (χ3v) is 3.06. The van der Waals surface area contributed by atoms with Crippen LogP contribution in [0.15, 0.2) is 0 Å². The molecule has 1 aromatic rings. The largest absolute Gasteiger partial charge is 0.371 e. The fraction of sp³-hybridized carbons (Fsp3) is 0.636. The highest BCUT2D eigenvalue weighted by Gasteiger charge is 2.26. The van der Waals surface area contributed by atoms with Crippen molar-refractivity contribution in [2.45, 2.75) is 39.2 Å². The maximum absolute atomic E-state index is 6.10. The lowest BCUT2D eigenvalue weighted by atomic mass is 10.1. The number of nitrogens with zero attached hydrogens (tertiary/aromatic N) is 2. The number of rotatable bonds is 3. The molecule has 1 heterocycles. The number of hydrogen-bond acceptors (Lipinski definition) is 3. The van der Waals surface area contributed by atoms with Crippen LogP contribution < -0.4 is 0 Å². The highest BCUT2D eigenvalue weighted by molar-refractivity contribution is 6.34. The Morgan fingerprint density at radius 1 is 1.12 bits per heavy atom. The smallest absolute Gasteiger partial charge is 0.163 e. The van der Waals surface area contributed by atoms with Gasteiger partial charge in [0.25, 0.3) is 0 Å². The molecule has 0 spiro atoms. The number of ether oxygens (including phenoxy) is 1. The Labute approximate surface area is 106 Å². The van der Waals surface area contributed by atoms with E-state index in [4.69, 9.17) is 27.9 Å². The van der Waals surface area contributed by atoms with Crippen molar-refractivity contribution in [3.05, 3.63) is 21.7 Å². The van der Waals surface area contributed by atoms with E-state index in [9.17, 15) is 0 Å². The molecule has 0 aromatic carbocycles. The third kappa shape index (κ3) is 2.65. The van der Waals surface area contributed by atoms with Gasteiger partial charge in [-0.3, -0.25) is 0 Å². The first-order valence-corrected chi connectivity index (χ1v) is 5.83. The molecule has 0 aliphatic carbocycles. The van der Waals surface area contributed by atoms with E-state index in [-0.39, 0.29) is 5.92 Å². The quantitative estimate of drug-likeness (QED) is 0.778. The lowest BCUT2D eigenvalue weighted by Gasteiger charge is -2.22. The maximum atomic E-state index is 6.10. The number of methoxy groups -OCH3 is 1. The number of halogens is 2. The molecule has 0 aliphatic rings. The van der Waals surface area contributed by atoms with Crippen molar-refractivity contribution in [1.29, 1.82) is 0 Å². The van der Waals surface area contributed by atoms with Gasteiger partial charge >= 0.3 is 0 Å². The van der Waals surface area contributed by atoms with Crippen molar-refractivity contribution >= 4 is 23.2 Å². The molecule has 0 radical (unpaired) electrons. The molecule has 0 N–H and O–H groups in total. The van der Waals surface area contributed by atoms with Crippen LogP contribution in [0.2, 0.25) is 10.3 Å². The molecule has 16 heavy (non-hydrogen) atoms. The van der Waals surface area contributed by atoms with Crippen LogP contribution in [0, 0.1) is 0 Å². The Bertz CT molecular complexity index is 369. The molecule has 90 valence electrons. The van der Waals surface area contributed by atoms with Gasteiger partial charge in [-0.25, -0.2) is 9.97 Å². The van der Waals surface area contributed by atoms with Gasteiger partial charge in [0.2, 0.25) is 0 Å². The summed E-state index contributed by atoms with van der Waals surface area (Å²) in [5.41, 5.74) is 0.182. The lowest BCUT2D eigenvalue weighted by Crippen LogP contribution is -2.23. The number of hydrogen-bond donors (Lipinski definition) is 0. The molecule has 0 atom stereocenters. The highest BCUT2D eigenvalue weighted by Crippen LogP contribution is 2.31. The summed E-state index contributed by atoms with van der Waals surface area (Å²) in [5, 5.41) is 0.797. The van der Waals surface area contributed by atoms with E-state index in [0.29, 0.717) is 16.1 Å². The minimum Gasteiger partial charge on any atom is -0.371 e. The zero-order valence-electron chi connectivity index (χ0n) is 10.1. The van der Waals surface area contributed by atoms with Gasteiger partial charge in [0.1, 0.15) is 15.9 Å². The molecule has 0 saturated carbocycles. The van der Waals surface area contributed by atoms with Crippen molar-refractivity contribution in [2.24, 2.45) is 0 Å². The Morgan fingerprint density at radius 2 is 1.56 bits per heavy atom. The highest BCUT2D eigenvalue weighted by atomic mass is 35.5. The third-order valence-electron chi connectivity index (χ3n) is 2.48. The van der Waals surface area contributed by atoms with E-state index in [1.165, 1.54) is 0 Å². The van der Waals surface area contributed by atoms with Gasteiger partial charge < -0.3 is 4.74 Å². The van der Waals surface area contributed by atoms with Crippen LogP contribution in [-0.4, -0.2) is 17.1 Å². The predicted octanol–water partition coefficient (Wildman–Crippen LogP) is 3.79. The first-order valence-electron chi connectivity index (χ1n) is 5.08. The molecular formula is C11H16Cl2N2O. The Balaban J connectivity index is 3.30. The fourth-order valence-corrected chi connectivity index (χ4v) is 2.08. The van der Waals surface area contributed by atoms with Gasteiger partial charge in [-0.2, -0.15) is 0 Å². The summed E-state index contributed by atoms with van der Waals surface area (Å²) < 4.78 is 5.29. The zero-order valence-corrected chi connectivity index (χ0v) is 11.6. The van der Waals surface area contributed by atoms with E-state index in [0.717, 1.165) is 5.56 Å². The Kier molecular flexibility index (Phi) is 4.16. The van der Waals surface area contributed by atoms with Crippen LogP contribution in [0.1, 0.15) is 45.0 Å². The average Bonchev–Trinajstić information content (AvgIpc) is 2.15. The van der Waals surface area contributed by atoms with E-state index in [1.54, 1.807) is 7.11 Å². The Hall–Kier alpha value is -0.380. The van der Waals surface area contributed by atoms with E-state index in [1.807, 2.05) is 27.7 Å². The maximum Gasteiger partial charge on any atom is 0.163 e. The standard InChI is InChI=1S/C11H16Cl2N2O/c1-6(2)7-8(12)14-10(15-9(7)13)11(3,4)16-5/h6H,1-5H3. The van der Waals surface area contributed by atoms with Gasteiger partial charge in [-0.15, -0.1) is 0 Å². The molecule has 0 amide bonds. The van der Waals surface area contributed by atoms with Crippen molar-refractivity contribution < 1.29 is 4.74 Å². The zero-order chi connectivity index (χ0) is 12.5. The van der Waals surface area contributed by atoms with Gasteiger partial charge in [0, 0.05) is 12.7 Å². The molecule has 1 aromatic heterocycles. The Morgan fingerprint density at radius 3 is 1.88 bits per heavy atom. The van der Waals surface area contributed by atoms with Crippen LogP contribution >= 0.6 is 23.2 Å². The number of aromatic nitrogens is 2. The summed E-state index contributed by atoms with van der Waals surface area (Å²) in [6.07, 6.45) is 0. The molecule has 1 rings (SSSR count). The molecular weight excluding hydrogens is 247 g/mol. The van der Waals surface area contributed by atoms with Crippen LogP contribution in [0.4, 0.5) is 0 Å². The van der Waals surface area contributed by atoms with Gasteiger partial charge in [-0.05, 0) is 19.8 Å². The summed E-state index contributed by atoms with van der Waals surface area (Å²) in [7, 11) is 1.60. The first-order chi connectivity index (χ1) is 7.29. The van der Waals surface area contributed by atoms with Crippen molar-refractivity contribution in [3.8, 4) is 0 Å². The average molecular weight is 263 g/mol. The second-order valence-corrected chi connectivity index (χ2v) is 5.13. The van der Waals surface area contributed by atoms with Crippen LogP contribution in [0.5, 0.6) is 0 Å². The van der Waals surface area contributed by atoms with Gasteiger partial charge in [-0.1, -0.05) is 37.0 Å². The summed E-state index contributed by atoms with van der Waals surface area (Å²) >= 11 is 12.2. The molecule has 0 saturated heterocycles. The second-order valence-electron chi connectivity index (χ2n) is 4.41. The summed E-state index contributed by atoms with van der Waals surface area (Å²) in [4.78, 5) is 8.49. The SMILES string of the molecule is COC(C)(C)c1nc(Cl)c(C(C)C)c(Cl)n1. The van der Waals surface area contributed by atoms with Crippen molar-refractivity contribution in [3.63, 3.8) is 0 Å². The molecule has 3 nitrogen and oxygen atoms in total. The normalized spacial score (nSPS) is 12.2. The summed E-state index contributed by atoms with van der Waals surface area (Å²) in [5.74, 6) is 0.689. The van der Waals surface area contributed by atoms with Gasteiger partial charge in [0.15, 0.2) is 5.82 Å². The molecule has 0 fully saturated rings. The minimum atomic E-state index is -0.594. The topological polar surface area (TPSA) is 35.0 Å². The molecule has 0 bridgehead atoms. The second kappa shape index (κ2) is 4.86. The van der Waals surface area contributed by atoms with Crippen LogP contribution in [-0.2, 0) is 10.3 Å². The first kappa shape index (κ1) is 13.7. The predicted molar refractivity (Wildman–Crippen MR) is 66.2 cm³/mol. The van der Waals surface area contributed by atoms with Crippen molar-refractivity contribution in [1.82, 2.24) is 9.97 Å². The van der Waals surface area contributed by atoms with Crippen molar-refractivity contribution in [2.75, 3.05) is 7.11 Å². The fourth-order valence-electron chi connectivity index (χ4n) is 1.25. The summed E-state index contributed by atoms with van der Waals surface area (Å²) in [6, 6.07) is 0. The van der Waals surface area contributed by atoms with Gasteiger partial charge in [0.05, 0.1) is 0 Å². The minimum absolute atomic E-state index is 0.194. The van der Waals surface area contributed by atoms with Crippen LogP contribution in [0.3, 0.4) is 0 Å². The molecule has 0 unspecified atom stereocenters. The lowest BCUT2D eigenvalue weighted by molar-refractivity contribution is 0.0114.